The Morgan fingerprint density at radius 3 is 1.54 bits per heavy atom. The SMILES string of the molecule is CC(C)(C)CCOC(=O)Cl.CC(C)(C)CCOC(=O)Oc1ccc(C=O)cc1.O=Cc1ccc(O)cc1. The second-order valence-corrected chi connectivity index (χ2v) is 10.6. The summed E-state index contributed by atoms with van der Waals surface area (Å²) < 4.78 is 14.4. The van der Waals surface area contributed by atoms with Crippen molar-refractivity contribution in [2.24, 2.45) is 10.8 Å². The van der Waals surface area contributed by atoms with E-state index in [1.807, 2.05) is 0 Å². The first-order chi connectivity index (χ1) is 17.1. The number of halogens is 1. The fourth-order valence-corrected chi connectivity index (χ4v) is 2.25. The predicted octanol–water partition coefficient (Wildman–Crippen LogP) is 7.45. The number of carbonyl (C=O) groups is 4. The smallest absolute Gasteiger partial charge is 0.508 e. The highest BCUT2D eigenvalue weighted by atomic mass is 35.5. The molecule has 9 heteroatoms. The topological polar surface area (TPSA) is 116 Å². The maximum atomic E-state index is 11.3. The van der Waals surface area contributed by atoms with Crippen LogP contribution in [0.5, 0.6) is 11.5 Å². The summed E-state index contributed by atoms with van der Waals surface area (Å²) in [6.45, 7) is 13.2. The Morgan fingerprint density at radius 2 is 1.16 bits per heavy atom. The minimum Gasteiger partial charge on any atom is -0.508 e. The largest absolute Gasteiger partial charge is 0.513 e. The zero-order valence-electron chi connectivity index (χ0n) is 22.3. The summed E-state index contributed by atoms with van der Waals surface area (Å²) in [6, 6.07) is 12.3. The average Bonchev–Trinajstić information content (AvgIpc) is 2.79. The molecule has 0 bridgehead atoms. The lowest BCUT2D eigenvalue weighted by Crippen LogP contribution is -2.15. The molecule has 0 atom stereocenters. The van der Waals surface area contributed by atoms with Crippen LogP contribution in [0.15, 0.2) is 48.5 Å². The van der Waals surface area contributed by atoms with Gasteiger partial charge in [-0.25, -0.2) is 9.59 Å². The average molecular weight is 537 g/mol. The number of hydrogen-bond donors (Lipinski definition) is 1. The Morgan fingerprint density at radius 1 is 0.757 bits per heavy atom. The number of phenolic OH excluding ortho intramolecular Hbond substituents is 1. The highest BCUT2D eigenvalue weighted by Crippen LogP contribution is 2.19. The van der Waals surface area contributed by atoms with Crippen molar-refractivity contribution >= 4 is 35.8 Å². The van der Waals surface area contributed by atoms with Crippen molar-refractivity contribution in [3.63, 3.8) is 0 Å². The van der Waals surface area contributed by atoms with Crippen LogP contribution in [0, 0.1) is 10.8 Å². The number of carbonyl (C=O) groups excluding carboxylic acids is 4. The first-order valence-corrected chi connectivity index (χ1v) is 12.0. The van der Waals surface area contributed by atoms with Crippen LogP contribution in [0.1, 0.15) is 75.1 Å². The zero-order valence-corrected chi connectivity index (χ0v) is 23.0. The number of aldehydes is 2. The van der Waals surface area contributed by atoms with Crippen molar-refractivity contribution in [2.75, 3.05) is 13.2 Å². The Balaban J connectivity index is 0.000000577. The number of benzene rings is 2. The molecule has 2 aromatic carbocycles. The highest BCUT2D eigenvalue weighted by Gasteiger charge is 2.13. The summed E-state index contributed by atoms with van der Waals surface area (Å²) in [5, 5.41) is 8.74. The number of phenols is 1. The third-order valence-corrected chi connectivity index (χ3v) is 4.50. The summed E-state index contributed by atoms with van der Waals surface area (Å²) in [5.41, 5.74) is 0.707. The Labute approximate surface area is 223 Å². The molecule has 0 radical (unpaired) electrons. The summed E-state index contributed by atoms with van der Waals surface area (Å²) in [7, 11) is 0. The van der Waals surface area contributed by atoms with Crippen LogP contribution in [0.2, 0.25) is 0 Å². The number of hydrogen-bond acceptors (Lipinski definition) is 8. The van der Waals surface area contributed by atoms with Gasteiger partial charge in [-0.15, -0.1) is 0 Å². The standard InChI is InChI=1S/C14H18O4.C7H13ClO2.C7H6O2/c1-14(2,3)8-9-17-13(16)18-12-6-4-11(10-15)5-7-12;1-7(2,3)4-5-10-6(8)9;8-5-6-1-3-7(9)4-2-6/h4-7,10H,8-9H2,1-3H3;4-5H2,1-3H3;1-5,9H. The maximum Gasteiger partial charge on any atom is 0.513 e. The minimum absolute atomic E-state index is 0.117. The summed E-state index contributed by atoms with van der Waals surface area (Å²) in [5.74, 6) is 0.543. The molecule has 0 fully saturated rings. The molecule has 0 aliphatic heterocycles. The maximum absolute atomic E-state index is 11.3. The molecule has 0 aliphatic carbocycles. The molecule has 0 spiro atoms. The first kappa shape index (κ1) is 33.6. The van der Waals surface area contributed by atoms with E-state index in [0.717, 1.165) is 25.4 Å². The van der Waals surface area contributed by atoms with Gasteiger partial charge in [-0.1, -0.05) is 41.5 Å². The first-order valence-electron chi connectivity index (χ1n) is 11.6. The lowest BCUT2D eigenvalue weighted by molar-refractivity contribution is 0.0886. The van der Waals surface area contributed by atoms with E-state index in [0.29, 0.717) is 30.1 Å². The van der Waals surface area contributed by atoms with Crippen molar-refractivity contribution in [3.05, 3.63) is 59.7 Å². The van der Waals surface area contributed by atoms with Crippen LogP contribution < -0.4 is 4.74 Å². The molecule has 2 rings (SSSR count). The molecule has 0 saturated carbocycles. The van der Waals surface area contributed by atoms with Gasteiger partial charge in [0.25, 0.3) is 0 Å². The van der Waals surface area contributed by atoms with Crippen molar-refractivity contribution in [1.82, 2.24) is 0 Å². The summed E-state index contributed by atoms with van der Waals surface area (Å²) >= 11 is 4.95. The van der Waals surface area contributed by atoms with Gasteiger partial charge >= 0.3 is 11.6 Å². The monoisotopic (exact) mass is 536 g/mol. The number of aromatic hydroxyl groups is 1. The van der Waals surface area contributed by atoms with Crippen LogP contribution in [-0.4, -0.2) is 42.5 Å². The molecular weight excluding hydrogens is 500 g/mol. The van der Waals surface area contributed by atoms with Crippen LogP contribution >= 0.6 is 11.6 Å². The van der Waals surface area contributed by atoms with Crippen LogP contribution in [-0.2, 0) is 9.47 Å². The van der Waals surface area contributed by atoms with Crippen molar-refractivity contribution in [1.29, 1.82) is 0 Å². The molecule has 0 aliphatic rings. The molecule has 0 amide bonds. The van der Waals surface area contributed by atoms with Gasteiger partial charge in [0.1, 0.15) is 24.1 Å². The van der Waals surface area contributed by atoms with E-state index in [1.54, 1.807) is 36.4 Å². The van der Waals surface area contributed by atoms with Gasteiger partial charge < -0.3 is 19.3 Å². The molecule has 1 N–H and O–H groups in total. The Hall–Kier alpha value is -3.39. The highest BCUT2D eigenvalue weighted by molar-refractivity contribution is 6.61. The quantitative estimate of drug-likeness (QED) is 0.168. The lowest BCUT2D eigenvalue weighted by Gasteiger charge is -2.17. The fourth-order valence-electron chi connectivity index (χ4n) is 2.17. The van der Waals surface area contributed by atoms with Gasteiger partial charge in [0.05, 0.1) is 13.2 Å². The normalized spacial score (nSPS) is 10.5. The molecule has 0 heterocycles. The van der Waals surface area contributed by atoms with E-state index in [2.05, 4.69) is 46.3 Å². The predicted molar refractivity (Wildman–Crippen MR) is 143 cm³/mol. The summed E-state index contributed by atoms with van der Waals surface area (Å²) in [4.78, 5) is 41.9. The van der Waals surface area contributed by atoms with Crippen molar-refractivity contribution < 1.29 is 38.5 Å². The fraction of sp³-hybridized carbons (Fsp3) is 0.429. The van der Waals surface area contributed by atoms with Crippen molar-refractivity contribution in [3.8, 4) is 11.5 Å². The molecular formula is C28H37ClO8. The molecule has 204 valence electrons. The van der Waals surface area contributed by atoms with E-state index in [9.17, 15) is 19.2 Å². The van der Waals surface area contributed by atoms with E-state index < -0.39 is 11.6 Å². The van der Waals surface area contributed by atoms with Gasteiger partial charge in [0.2, 0.25) is 0 Å². The van der Waals surface area contributed by atoms with Crippen molar-refractivity contribution in [2.45, 2.75) is 54.4 Å². The number of ether oxygens (including phenoxy) is 3. The minimum atomic E-state index is -0.724. The third kappa shape index (κ3) is 20.5. The molecule has 2 aromatic rings. The van der Waals surface area contributed by atoms with Crippen LogP contribution in [0.4, 0.5) is 9.59 Å². The van der Waals surface area contributed by atoms with Gasteiger partial charge in [-0.05, 0) is 72.2 Å². The lowest BCUT2D eigenvalue weighted by atomic mass is 9.93. The van der Waals surface area contributed by atoms with E-state index >= 15 is 0 Å². The van der Waals surface area contributed by atoms with Gasteiger partial charge in [-0.3, -0.25) is 9.59 Å². The molecule has 0 unspecified atom stereocenters. The Bertz CT molecular complexity index is 956. The summed E-state index contributed by atoms with van der Waals surface area (Å²) in [6.07, 6.45) is 2.35. The van der Waals surface area contributed by atoms with E-state index in [-0.39, 0.29) is 16.6 Å². The second-order valence-electron chi connectivity index (χ2n) is 10.3. The van der Waals surface area contributed by atoms with Crippen LogP contribution in [0.3, 0.4) is 0 Å². The van der Waals surface area contributed by atoms with E-state index in [4.69, 9.17) is 26.2 Å². The molecule has 0 saturated heterocycles. The molecule has 0 aromatic heterocycles. The zero-order chi connectivity index (χ0) is 28.5. The van der Waals surface area contributed by atoms with E-state index in [1.165, 1.54) is 12.1 Å². The van der Waals surface area contributed by atoms with Gasteiger partial charge in [-0.2, -0.15) is 0 Å². The van der Waals surface area contributed by atoms with Gasteiger partial charge in [0, 0.05) is 22.7 Å². The third-order valence-electron chi connectivity index (χ3n) is 4.39. The molecule has 8 nitrogen and oxygen atoms in total. The van der Waals surface area contributed by atoms with Gasteiger partial charge in [0.15, 0.2) is 0 Å². The van der Waals surface area contributed by atoms with Crippen LogP contribution in [0.25, 0.3) is 0 Å². The number of rotatable bonds is 7. The second kappa shape index (κ2) is 17.1. The molecule has 37 heavy (non-hydrogen) atoms. The Kier molecular flexibility index (Phi) is 15.6.